The molecule has 0 radical (unpaired) electrons. The summed E-state index contributed by atoms with van der Waals surface area (Å²) in [5, 5.41) is 8.70. The van der Waals surface area contributed by atoms with E-state index in [9.17, 15) is 4.79 Å². The van der Waals surface area contributed by atoms with Gasteiger partial charge in [-0.2, -0.15) is 5.26 Å². The zero-order chi connectivity index (χ0) is 13.2. The van der Waals surface area contributed by atoms with E-state index in [4.69, 9.17) is 10.00 Å². The minimum atomic E-state index is -0.137. The molecule has 0 unspecified atom stereocenters. The van der Waals surface area contributed by atoms with E-state index in [0.29, 0.717) is 23.7 Å². The summed E-state index contributed by atoms with van der Waals surface area (Å²) in [6, 6.07) is 8.73. The van der Waals surface area contributed by atoms with E-state index in [-0.39, 0.29) is 5.97 Å². The van der Waals surface area contributed by atoms with Crippen LogP contribution in [0, 0.1) is 29.1 Å². The summed E-state index contributed by atoms with van der Waals surface area (Å²) in [6.07, 6.45) is 5.70. The fraction of sp³-hybridized carbons (Fsp3) is 0.500. The van der Waals surface area contributed by atoms with E-state index in [1.54, 1.807) is 24.3 Å². The molecule has 2 bridgehead atoms. The Bertz CT molecular complexity index is 515. The third-order valence-corrected chi connectivity index (χ3v) is 4.53. The van der Waals surface area contributed by atoms with Crippen LogP contribution in [0.2, 0.25) is 0 Å². The summed E-state index contributed by atoms with van der Waals surface area (Å²) >= 11 is 0. The molecule has 2 saturated carbocycles. The lowest BCUT2D eigenvalue weighted by Gasteiger charge is -2.20. The van der Waals surface area contributed by atoms with Gasteiger partial charge in [0, 0.05) is 6.42 Å². The Balaban J connectivity index is 1.55. The quantitative estimate of drug-likeness (QED) is 0.615. The lowest BCUT2D eigenvalue weighted by molar-refractivity contribution is -0.135. The fourth-order valence-electron chi connectivity index (χ4n) is 3.61. The first-order valence-electron chi connectivity index (χ1n) is 6.95. The predicted octanol–water partition coefficient (Wildman–Crippen LogP) is 3.29. The average molecular weight is 255 g/mol. The van der Waals surface area contributed by atoms with Crippen LogP contribution in [0.5, 0.6) is 5.75 Å². The highest BCUT2D eigenvalue weighted by Crippen LogP contribution is 2.49. The lowest BCUT2D eigenvalue weighted by Crippen LogP contribution is -2.18. The standard InChI is InChI=1S/C16H17NO2/c17-10-11-2-5-15(6-3-11)19-16(18)9-14-8-12-1-4-13(14)7-12/h2-3,5-6,12-14H,1,4,7-9H2/t12-,13-,14-/m1/s1. The van der Waals surface area contributed by atoms with Gasteiger partial charge in [-0.1, -0.05) is 6.42 Å². The normalized spacial score (nSPS) is 28.1. The van der Waals surface area contributed by atoms with Crippen molar-refractivity contribution < 1.29 is 9.53 Å². The molecule has 3 heteroatoms. The molecule has 0 aliphatic heterocycles. The Kier molecular flexibility index (Phi) is 3.25. The molecular formula is C16H17NO2. The minimum absolute atomic E-state index is 0.137. The Labute approximate surface area is 113 Å². The number of ether oxygens (including phenoxy) is 1. The van der Waals surface area contributed by atoms with E-state index in [1.165, 1.54) is 25.7 Å². The average Bonchev–Trinajstić information content (AvgIpc) is 3.02. The van der Waals surface area contributed by atoms with Crippen molar-refractivity contribution in [2.75, 3.05) is 0 Å². The maximum absolute atomic E-state index is 11.9. The zero-order valence-electron chi connectivity index (χ0n) is 10.8. The summed E-state index contributed by atoms with van der Waals surface area (Å²) in [7, 11) is 0. The Morgan fingerprint density at radius 2 is 2.05 bits per heavy atom. The van der Waals surface area contributed by atoms with Crippen molar-refractivity contribution >= 4 is 5.97 Å². The van der Waals surface area contributed by atoms with Crippen LogP contribution < -0.4 is 4.74 Å². The molecule has 1 aromatic rings. The van der Waals surface area contributed by atoms with Gasteiger partial charge in [-0.3, -0.25) is 4.79 Å². The molecule has 2 aliphatic carbocycles. The molecule has 19 heavy (non-hydrogen) atoms. The van der Waals surface area contributed by atoms with Crippen molar-refractivity contribution in [1.29, 1.82) is 5.26 Å². The van der Waals surface area contributed by atoms with Gasteiger partial charge in [0.05, 0.1) is 11.6 Å². The second-order valence-corrected chi connectivity index (χ2v) is 5.75. The molecule has 1 aromatic carbocycles. The van der Waals surface area contributed by atoms with Gasteiger partial charge in [0.1, 0.15) is 5.75 Å². The number of hydrogen-bond acceptors (Lipinski definition) is 3. The number of carbonyl (C=O) groups excluding carboxylic acids is 1. The number of esters is 1. The summed E-state index contributed by atoms with van der Waals surface area (Å²) in [4.78, 5) is 11.9. The van der Waals surface area contributed by atoms with Crippen molar-refractivity contribution in [2.24, 2.45) is 17.8 Å². The summed E-state index contributed by atoms with van der Waals surface area (Å²) < 4.78 is 5.34. The van der Waals surface area contributed by atoms with Crippen LogP contribution in [-0.2, 0) is 4.79 Å². The number of nitrogens with zero attached hydrogens (tertiary/aromatic N) is 1. The SMILES string of the molecule is N#Cc1ccc(OC(=O)C[C@H]2C[C@@H]3CC[C@@H]2C3)cc1. The van der Waals surface area contributed by atoms with Gasteiger partial charge in [-0.15, -0.1) is 0 Å². The maximum Gasteiger partial charge on any atom is 0.311 e. The monoisotopic (exact) mass is 255 g/mol. The second kappa shape index (κ2) is 5.05. The topological polar surface area (TPSA) is 50.1 Å². The van der Waals surface area contributed by atoms with Crippen LogP contribution in [0.25, 0.3) is 0 Å². The smallest absolute Gasteiger partial charge is 0.311 e. The van der Waals surface area contributed by atoms with Crippen LogP contribution in [-0.4, -0.2) is 5.97 Å². The molecule has 2 aliphatic rings. The van der Waals surface area contributed by atoms with Gasteiger partial charge in [-0.05, 0) is 61.3 Å². The molecule has 0 N–H and O–H groups in total. The van der Waals surface area contributed by atoms with Crippen molar-refractivity contribution in [3.63, 3.8) is 0 Å². The number of fused-ring (bicyclic) bond motifs is 2. The van der Waals surface area contributed by atoms with E-state index in [1.807, 2.05) is 6.07 Å². The maximum atomic E-state index is 11.9. The van der Waals surface area contributed by atoms with E-state index in [0.717, 1.165) is 11.8 Å². The number of nitriles is 1. The van der Waals surface area contributed by atoms with Crippen LogP contribution in [0.15, 0.2) is 24.3 Å². The highest BCUT2D eigenvalue weighted by molar-refractivity contribution is 5.72. The molecule has 3 atom stereocenters. The molecule has 0 amide bonds. The Morgan fingerprint density at radius 3 is 2.63 bits per heavy atom. The molecule has 0 aromatic heterocycles. The number of benzene rings is 1. The third kappa shape index (κ3) is 2.63. The van der Waals surface area contributed by atoms with Gasteiger partial charge in [-0.25, -0.2) is 0 Å². The first-order valence-corrected chi connectivity index (χ1v) is 6.95. The van der Waals surface area contributed by atoms with Gasteiger partial charge in [0.25, 0.3) is 0 Å². The van der Waals surface area contributed by atoms with Crippen molar-refractivity contribution in [3.8, 4) is 11.8 Å². The van der Waals surface area contributed by atoms with Gasteiger partial charge in [0.15, 0.2) is 0 Å². The van der Waals surface area contributed by atoms with Gasteiger partial charge < -0.3 is 4.74 Å². The molecule has 3 rings (SSSR count). The Hall–Kier alpha value is -1.82. The van der Waals surface area contributed by atoms with Crippen LogP contribution in [0.3, 0.4) is 0 Å². The number of carbonyl (C=O) groups is 1. The van der Waals surface area contributed by atoms with E-state index < -0.39 is 0 Å². The van der Waals surface area contributed by atoms with Crippen molar-refractivity contribution in [1.82, 2.24) is 0 Å². The summed E-state index contributed by atoms with van der Waals surface area (Å²) in [6.45, 7) is 0. The first-order chi connectivity index (χ1) is 9.24. The molecule has 3 nitrogen and oxygen atoms in total. The zero-order valence-corrected chi connectivity index (χ0v) is 10.8. The van der Waals surface area contributed by atoms with Crippen LogP contribution >= 0.6 is 0 Å². The summed E-state index contributed by atoms with van der Waals surface area (Å²) in [5.74, 6) is 2.54. The van der Waals surface area contributed by atoms with E-state index in [2.05, 4.69) is 0 Å². The van der Waals surface area contributed by atoms with Crippen molar-refractivity contribution in [3.05, 3.63) is 29.8 Å². The second-order valence-electron chi connectivity index (χ2n) is 5.75. The lowest BCUT2D eigenvalue weighted by atomic mass is 9.86. The Morgan fingerprint density at radius 1 is 1.26 bits per heavy atom. The highest BCUT2D eigenvalue weighted by atomic mass is 16.5. The molecular weight excluding hydrogens is 238 g/mol. The van der Waals surface area contributed by atoms with Gasteiger partial charge >= 0.3 is 5.97 Å². The van der Waals surface area contributed by atoms with Crippen molar-refractivity contribution in [2.45, 2.75) is 32.1 Å². The van der Waals surface area contributed by atoms with Gasteiger partial charge in [0.2, 0.25) is 0 Å². The molecule has 0 saturated heterocycles. The number of rotatable bonds is 3. The fourth-order valence-corrected chi connectivity index (χ4v) is 3.61. The predicted molar refractivity (Wildman–Crippen MR) is 70.3 cm³/mol. The minimum Gasteiger partial charge on any atom is -0.427 e. The van der Waals surface area contributed by atoms with Crippen LogP contribution in [0.4, 0.5) is 0 Å². The highest BCUT2D eigenvalue weighted by Gasteiger charge is 2.40. The molecule has 0 heterocycles. The first kappa shape index (κ1) is 12.2. The van der Waals surface area contributed by atoms with E-state index >= 15 is 0 Å². The largest absolute Gasteiger partial charge is 0.427 e. The number of hydrogen-bond donors (Lipinski definition) is 0. The van der Waals surface area contributed by atoms with Crippen LogP contribution in [0.1, 0.15) is 37.7 Å². The molecule has 2 fully saturated rings. The third-order valence-electron chi connectivity index (χ3n) is 4.53. The summed E-state index contributed by atoms with van der Waals surface area (Å²) in [5.41, 5.74) is 0.577. The molecule has 98 valence electrons. The molecule has 0 spiro atoms.